The quantitative estimate of drug-likeness (QED) is 0.0517. The fourth-order valence-electron chi connectivity index (χ4n) is 5.08. The van der Waals surface area contributed by atoms with E-state index >= 15 is 0 Å². The zero-order valence-corrected chi connectivity index (χ0v) is 28.7. The van der Waals surface area contributed by atoms with Crippen molar-refractivity contribution in [1.29, 1.82) is 0 Å². The van der Waals surface area contributed by atoms with Crippen LogP contribution in [0.4, 0.5) is 0 Å². The minimum Gasteiger partial charge on any atom is -0.396 e. The maximum absolute atomic E-state index is 12.7. The molecule has 0 heterocycles. The van der Waals surface area contributed by atoms with Gasteiger partial charge in [0.25, 0.3) is 0 Å². The molecule has 6 heteroatoms. The Hall–Kier alpha value is 0.120. The molecule has 0 aliphatic heterocycles. The Morgan fingerprint density at radius 1 is 0.590 bits per heavy atom. The van der Waals surface area contributed by atoms with Gasteiger partial charge < -0.3 is 23.0 Å². The third-order valence-electron chi connectivity index (χ3n) is 7.66. The Labute approximate surface area is 247 Å². The molecule has 0 aliphatic rings. The van der Waals surface area contributed by atoms with Crippen LogP contribution in [0.3, 0.4) is 0 Å². The van der Waals surface area contributed by atoms with Gasteiger partial charge in [-0.3, -0.25) is 4.79 Å². The number of hydrogen-bond acceptors (Lipinski definition) is 3. The van der Waals surface area contributed by atoms with Crippen LogP contribution in [-0.2, 0) is 9.59 Å². The number of carbonyl (C=O) groups excluding carboxylic acids is 2. The first-order valence-electron chi connectivity index (χ1n) is 16.7. The molecule has 0 aromatic heterocycles. The lowest BCUT2D eigenvalue weighted by Crippen LogP contribution is -2.48. The molecule has 0 radical (unpaired) electrons. The topological polar surface area (TPSA) is 54.4 Å². The van der Waals surface area contributed by atoms with E-state index < -0.39 is 5.85 Å². The minimum absolute atomic E-state index is 0.112. The summed E-state index contributed by atoms with van der Waals surface area (Å²) < 4.78 is 0.505. The van der Waals surface area contributed by atoms with E-state index in [2.05, 4.69) is 13.8 Å². The Kier molecular flexibility index (Phi) is 27.1. The largest absolute Gasteiger partial charge is 0.396 e. The van der Waals surface area contributed by atoms with E-state index in [0.717, 1.165) is 25.7 Å². The summed E-state index contributed by atoms with van der Waals surface area (Å²) in [5.74, 6) is -0.960. The molecule has 0 aromatic carbocycles. The van der Waals surface area contributed by atoms with Crippen molar-refractivity contribution in [3.05, 3.63) is 0 Å². The molecular formula is C33H67NO3P2. The van der Waals surface area contributed by atoms with E-state index in [1.807, 2.05) is 21.1 Å². The standard InChI is InChI=1S/C33H67NO3P2/c1-6-8-10-12-14-16-18-20-22-24-26-28-30(35)38-32(34(3,4)5)33(37)39-31(36)29-27-25-23-21-19-17-15-13-11-9-7-2/h32-33,37,39H,6-29H2,1-5H3. The predicted molar refractivity (Wildman–Crippen MR) is 175 cm³/mol. The molecule has 3 atom stereocenters. The summed E-state index contributed by atoms with van der Waals surface area (Å²) in [6, 6.07) is 0. The van der Waals surface area contributed by atoms with Gasteiger partial charge in [0.15, 0.2) is 5.52 Å². The molecule has 0 aromatic rings. The third-order valence-corrected chi connectivity index (χ3v) is 10.9. The molecule has 232 valence electrons. The Balaban J connectivity index is 4.01. The van der Waals surface area contributed by atoms with Crippen LogP contribution in [0, 0.1) is 0 Å². The van der Waals surface area contributed by atoms with Gasteiger partial charge in [-0.1, -0.05) is 142 Å². The summed E-state index contributed by atoms with van der Waals surface area (Å²) in [7, 11) is 6.63. The number of rotatable bonds is 30. The third kappa shape index (κ3) is 25.5. The van der Waals surface area contributed by atoms with Crippen LogP contribution in [0.2, 0.25) is 0 Å². The van der Waals surface area contributed by atoms with Gasteiger partial charge in [0.1, 0.15) is 5.85 Å². The number of aliphatic hydroxyl groups excluding tert-OH is 1. The average molecular weight is 588 g/mol. The second kappa shape index (κ2) is 27.0. The zero-order chi connectivity index (χ0) is 29.2. The van der Waals surface area contributed by atoms with E-state index in [1.165, 1.54) is 116 Å². The molecule has 0 rings (SSSR count). The maximum Gasteiger partial charge on any atom is 0.154 e. The lowest BCUT2D eigenvalue weighted by Gasteiger charge is -2.45. The molecular weight excluding hydrogens is 520 g/mol. The fourth-order valence-corrected chi connectivity index (χ4v) is 7.85. The molecule has 1 N–H and O–H groups in total. The highest BCUT2D eigenvalue weighted by molar-refractivity contribution is 7.62. The summed E-state index contributed by atoms with van der Waals surface area (Å²) in [6.45, 7) is 4.52. The van der Waals surface area contributed by atoms with Gasteiger partial charge in [-0.15, -0.1) is 0 Å². The second-order valence-corrected chi connectivity index (χ2v) is 15.4. The number of likely N-dealkylation sites (N-methyl/N-ethyl adjacent to an activating group) is 1. The van der Waals surface area contributed by atoms with E-state index in [1.54, 1.807) is 0 Å². The smallest absolute Gasteiger partial charge is 0.154 e. The van der Waals surface area contributed by atoms with Crippen molar-refractivity contribution >= 4 is 28.2 Å². The highest BCUT2D eigenvalue weighted by Gasteiger charge is 2.26. The molecule has 0 bridgehead atoms. The minimum atomic E-state index is -0.729. The fraction of sp³-hybridized carbons (Fsp3) is 0.939. The van der Waals surface area contributed by atoms with Gasteiger partial charge in [0.05, 0.1) is 21.1 Å². The number of nitrogens with zero attached hydrogens (tertiary/aromatic N) is 1. The molecule has 39 heavy (non-hydrogen) atoms. The van der Waals surface area contributed by atoms with Crippen LogP contribution in [0.25, 0.3) is 0 Å². The second-order valence-electron chi connectivity index (χ2n) is 12.6. The molecule has 0 saturated carbocycles. The molecule has 3 unspecified atom stereocenters. The van der Waals surface area contributed by atoms with Crippen molar-refractivity contribution in [1.82, 2.24) is 0 Å². The van der Waals surface area contributed by atoms with Crippen molar-refractivity contribution in [2.45, 2.75) is 180 Å². The first-order chi connectivity index (χ1) is 18.7. The number of unbranched alkanes of at least 4 members (excludes halogenated alkanes) is 20. The number of aliphatic hydroxyl groups is 1. The van der Waals surface area contributed by atoms with Gasteiger partial charge in [0, 0.05) is 6.42 Å². The maximum atomic E-state index is 12.7. The van der Waals surface area contributed by atoms with Crippen molar-refractivity contribution in [3.8, 4) is 0 Å². The summed E-state index contributed by atoms with van der Waals surface area (Å²) in [6.07, 6.45) is 29.2. The Morgan fingerprint density at radius 2 is 0.923 bits per heavy atom. The zero-order valence-electron chi connectivity index (χ0n) is 26.8. The molecule has 0 saturated heterocycles. The van der Waals surface area contributed by atoms with Crippen molar-refractivity contribution in [3.63, 3.8) is 0 Å². The number of carbonyl (C=O) groups is 2. The predicted octanol–water partition coefficient (Wildman–Crippen LogP) is 10.4. The van der Waals surface area contributed by atoms with E-state index in [0.29, 0.717) is 25.9 Å². The van der Waals surface area contributed by atoms with Crippen LogP contribution in [0.1, 0.15) is 168 Å². The van der Waals surface area contributed by atoms with Gasteiger partial charge >= 0.3 is 0 Å². The molecule has 0 spiro atoms. The van der Waals surface area contributed by atoms with Crippen molar-refractivity contribution in [2.24, 2.45) is 0 Å². The van der Waals surface area contributed by atoms with E-state index in [4.69, 9.17) is 0 Å². The summed E-state index contributed by atoms with van der Waals surface area (Å²) >= 11 is 0. The van der Waals surface area contributed by atoms with Crippen LogP contribution < -0.4 is 0 Å². The van der Waals surface area contributed by atoms with E-state index in [-0.39, 0.29) is 25.4 Å². The molecule has 4 nitrogen and oxygen atoms in total. The van der Waals surface area contributed by atoms with Gasteiger partial charge in [0.2, 0.25) is 0 Å². The first-order valence-corrected chi connectivity index (χ1v) is 18.8. The summed E-state index contributed by atoms with van der Waals surface area (Å²) in [4.78, 5) is 25.3. The summed E-state index contributed by atoms with van der Waals surface area (Å²) in [5, 5.41) is 10.9. The number of hydrogen-bond donors (Lipinski definition) is 1. The Morgan fingerprint density at radius 3 is 1.28 bits per heavy atom. The number of quaternary nitrogens is 1. The van der Waals surface area contributed by atoms with Crippen LogP contribution in [0.15, 0.2) is 0 Å². The van der Waals surface area contributed by atoms with Crippen LogP contribution in [-0.4, -0.2) is 53.4 Å². The Bertz CT molecular complexity index is 580. The van der Waals surface area contributed by atoms with Gasteiger partial charge in [-0.25, -0.2) is 0 Å². The van der Waals surface area contributed by atoms with Crippen molar-refractivity contribution < 1.29 is 19.2 Å². The van der Waals surface area contributed by atoms with Gasteiger partial charge in [-0.2, -0.15) is 0 Å². The SMILES string of the molecule is CCCCCCCCCCCCCC(=O)[P-]C(C(O)PC(=O)CCCCCCCCCCCCC)[N+](C)(C)C. The molecule has 0 amide bonds. The van der Waals surface area contributed by atoms with Crippen LogP contribution in [0.5, 0.6) is 0 Å². The van der Waals surface area contributed by atoms with Crippen molar-refractivity contribution in [2.75, 3.05) is 21.1 Å². The first kappa shape index (κ1) is 39.1. The monoisotopic (exact) mass is 587 g/mol. The molecule has 0 fully saturated rings. The van der Waals surface area contributed by atoms with Gasteiger partial charge in [-0.05, 0) is 39.2 Å². The normalized spacial score (nSPS) is 14.1. The average Bonchev–Trinajstić information content (AvgIpc) is 2.88. The summed E-state index contributed by atoms with van der Waals surface area (Å²) in [5.41, 5.74) is 0.385. The lowest BCUT2D eigenvalue weighted by molar-refractivity contribution is -0.883. The highest BCUT2D eigenvalue weighted by Crippen LogP contribution is 2.38. The molecule has 0 aliphatic carbocycles. The van der Waals surface area contributed by atoms with E-state index in [9.17, 15) is 14.7 Å². The highest BCUT2D eigenvalue weighted by atomic mass is 31.1. The van der Waals surface area contributed by atoms with Crippen LogP contribution >= 0.6 is 17.2 Å². The lowest BCUT2D eigenvalue weighted by atomic mass is 10.1.